The Morgan fingerprint density at radius 1 is 1.16 bits per heavy atom. The molecule has 16 nitrogen and oxygen atoms in total. The van der Waals surface area contributed by atoms with Gasteiger partial charge in [0, 0.05) is 12.3 Å². The molecule has 3 rings (SSSR count). The number of nitrogens with one attached hydrogen (secondary N) is 1. The Hall–Kier alpha value is -1.57. The highest BCUT2D eigenvalue weighted by Crippen LogP contribution is 2.75. The average Bonchev–Trinajstić information content (AvgIpc) is 2.96. The van der Waals surface area contributed by atoms with Gasteiger partial charge in [0.1, 0.15) is 0 Å². The summed E-state index contributed by atoms with van der Waals surface area (Å²) in [7, 11) is -17.8. The monoisotopic (exact) mass is 526 g/mol. The summed E-state index contributed by atoms with van der Waals surface area (Å²) < 4.78 is 80.2. The third-order valence-electron chi connectivity index (χ3n) is 4.30. The highest BCUT2D eigenvalue weighted by molar-refractivity contribution is 7.66. The van der Waals surface area contributed by atoms with E-state index in [4.69, 9.17) is 21.1 Å². The van der Waals surface area contributed by atoms with Gasteiger partial charge in [-0.15, -0.1) is 6.42 Å². The van der Waals surface area contributed by atoms with Crippen LogP contribution in [-0.4, -0.2) is 57.5 Å². The highest BCUT2D eigenvalue weighted by atomic mass is 31.3. The Balaban J connectivity index is 1.90. The summed E-state index contributed by atoms with van der Waals surface area (Å²) in [6.45, 7) is 0. The molecule has 6 N–H and O–H groups in total. The van der Waals surface area contributed by atoms with E-state index in [1.165, 1.54) is 5.92 Å². The largest absolute Gasteiger partial charge is 0.490 e. The fourth-order valence-corrected chi connectivity index (χ4v) is 6.22. The SMILES string of the molecule is C#C[C@]1(F)[C@H](n2ccc(=O)[nH]c2=O)O[C@]2(F)C(OP(=O)(O)OP(=O)(O)OP(=O)(O)O)[C@@]21O. The number of aromatic nitrogens is 2. The van der Waals surface area contributed by atoms with Crippen LogP contribution in [0.2, 0.25) is 0 Å². The van der Waals surface area contributed by atoms with Gasteiger partial charge in [-0.2, -0.15) is 8.62 Å². The van der Waals surface area contributed by atoms with Gasteiger partial charge in [0.05, 0.1) is 0 Å². The first-order chi connectivity index (χ1) is 14.3. The normalized spacial score (nSPS) is 37.7. The van der Waals surface area contributed by atoms with E-state index in [1.807, 2.05) is 0 Å². The zero-order chi connectivity index (χ0) is 24.5. The Morgan fingerprint density at radius 3 is 2.25 bits per heavy atom. The minimum Gasteiger partial charge on any atom is -0.377 e. The molecule has 0 amide bonds. The lowest BCUT2D eigenvalue weighted by atomic mass is 9.96. The number of phosphoric acid groups is 3. The molecule has 1 saturated heterocycles. The number of terminal acetylenes is 1. The predicted molar refractivity (Wildman–Crippen MR) is 91.6 cm³/mol. The molecule has 0 aromatic carbocycles. The number of hydrogen-bond acceptors (Lipinski definition) is 10. The van der Waals surface area contributed by atoms with Gasteiger partial charge in [0.2, 0.25) is 5.60 Å². The van der Waals surface area contributed by atoms with Crippen LogP contribution in [-0.2, 0) is 31.6 Å². The number of phosphoric ester groups is 1. The van der Waals surface area contributed by atoms with Gasteiger partial charge in [0.15, 0.2) is 12.3 Å². The van der Waals surface area contributed by atoms with Crippen LogP contribution in [0.15, 0.2) is 21.9 Å². The molecule has 32 heavy (non-hydrogen) atoms. The molecular weight excluding hydrogens is 515 g/mol. The van der Waals surface area contributed by atoms with E-state index in [0.717, 1.165) is 0 Å². The summed E-state index contributed by atoms with van der Waals surface area (Å²) in [4.78, 5) is 60.2. The van der Waals surface area contributed by atoms with Crippen molar-refractivity contribution in [2.45, 2.75) is 29.5 Å². The lowest BCUT2D eigenvalue weighted by Crippen LogP contribution is -2.49. The summed E-state index contributed by atoms with van der Waals surface area (Å²) >= 11 is 0. The molecule has 178 valence electrons. The van der Waals surface area contributed by atoms with Crippen LogP contribution < -0.4 is 11.2 Å². The van der Waals surface area contributed by atoms with Crippen LogP contribution in [0.3, 0.4) is 0 Å². The van der Waals surface area contributed by atoms with E-state index in [-0.39, 0.29) is 4.57 Å². The molecule has 2 aliphatic rings. The van der Waals surface area contributed by atoms with E-state index in [9.17, 15) is 33.3 Å². The number of rotatable bonds is 7. The summed E-state index contributed by atoms with van der Waals surface area (Å²) in [6.07, 6.45) is 0.419. The van der Waals surface area contributed by atoms with Crippen LogP contribution >= 0.6 is 23.5 Å². The molecule has 1 aromatic rings. The Bertz CT molecular complexity index is 1270. The number of H-pyrrole nitrogens is 1. The number of alkyl halides is 2. The fourth-order valence-electron chi connectivity index (χ4n) is 3.01. The van der Waals surface area contributed by atoms with Crippen LogP contribution in [0, 0.1) is 12.3 Å². The summed E-state index contributed by atoms with van der Waals surface area (Å²) in [5.74, 6) is -2.41. The number of nitrogens with zero attached hydrogens (tertiary/aromatic N) is 1. The molecule has 0 radical (unpaired) electrons. The molecule has 2 fully saturated rings. The van der Waals surface area contributed by atoms with Gasteiger partial charge in [0.25, 0.3) is 17.1 Å². The number of aromatic amines is 1. The summed E-state index contributed by atoms with van der Waals surface area (Å²) in [5.41, 5.74) is -9.56. The lowest BCUT2D eigenvalue weighted by Gasteiger charge is -2.29. The van der Waals surface area contributed by atoms with Gasteiger partial charge in [-0.25, -0.2) is 27.3 Å². The van der Waals surface area contributed by atoms with E-state index < -0.39 is 64.2 Å². The van der Waals surface area contributed by atoms with Gasteiger partial charge in [-0.1, -0.05) is 5.92 Å². The average molecular weight is 526 g/mol. The Morgan fingerprint density at radius 2 is 1.75 bits per heavy atom. The molecule has 0 spiro atoms. The highest BCUT2D eigenvalue weighted by Gasteiger charge is 2.98. The van der Waals surface area contributed by atoms with Crippen LogP contribution in [0.1, 0.15) is 6.23 Å². The number of hydrogen-bond donors (Lipinski definition) is 6. The maximum Gasteiger partial charge on any atom is 0.490 e. The zero-order valence-corrected chi connectivity index (χ0v) is 17.5. The smallest absolute Gasteiger partial charge is 0.377 e. The molecule has 7 atom stereocenters. The van der Waals surface area contributed by atoms with Crippen LogP contribution in [0.4, 0.5) is 8.78 Å². The second-order valence-corrected chi connectivity index (χ2v) is 10.7. The number of halogens is 2. The standard InChI is InChI=1S/C11H11F2N2O14P3/c1-2-9(12)7(15-4-3-5(16)14-8(15)17)26-11(13)6(10(9,11)18)27-31(22,23)29-32(24,25)28-30(19,20)21/h1,3-4,6-7,18H,(H,22,23)(H,24,25)(H,14,16,17)(H2,19,20,21)/t6?,7-,9+,10+,11-/m1/s1. The van der Waals surface area contributed by atoms with Crippen LogP contribution in [0.5, 0.6) is 0 Å². The molecule has 1 aromatic heterocycles. The second-order valence-electron chi connectivity index (χ2n) is 6.33. The van der Waals surface area contributed by atoms with Crippen molar-refractivity contribution in [2.24, 2.45) is 0 Å². The van der Waals surface area contributed by atoms with Crippen molar-refractivity contribution >= 4 is 23.5 Å². The summed E-state index contributed by atoms with van der Waals surface area (Å²) in [6, 6.07) is 0.699. The van der Waals surface area contributed by atoms with Crippen molar-refractivity contribution in [2.75, 3.05) is 0 Å². The van der Waals surface area contributed by atoms with Crippen molar-refractivity contribution in [3.8, 4) is 12.3 Å². The van der Waals surface area contributed by atoms with E-state index in [2.05, 4.69) is 17.9 Å². The fraction of sp³-hybridized carbons (Fsp3) is 0.455. The Labute approximate surface area is 173 Å². The third kappa shape index (κ3) is 3.86. The first kappa shape index (κ1) is 25.1. The summed E-state index contributed by atoms with van der Waals surface area (Å²) in [5, 5.41) is 10.4. The van der Waals surface area contributed by atoms with Crippen molar-refractivity contribution in [1.29, 1.82) is 0 Å². The van der Waals surface area contributed by atoms with Gasteiger partial charge in [-0.3, -0.25) is 18.9 Å². The van der Waals surface area contributed by atoms with Crippen molar-refractivity contribution in [1.82, 2.24) is 9.55 Å². The first-order valence-electron chi connectivity index (χ1n) is 7.71. The van der Waals surface area contributed by atoms with E-state index in [1.54, 1.807) is 4.98 Å². The molecule has 21 heteroatoms. The van der Waals surface area contributed by atoms with Gasteiger partial charge < -0.3 is 29.4 Å². The first-order valence-corrected chi connectivity index (χ1v) is 12.2. The maximum atomic E-state index is 15.5. The molecule has 3 unspecified atom stereocenters. The second kappa shape index (κ2) is 7.21. The predicted octanol–water partition coefficient (Wildman–Crippen LogP) is -1.47. The molecule has 2 heterocycles. The van der Waals surface area contributed by atoms with Gasteiger partial charge in [-0.05, 0) is 0 Å². The molecule has 1 saturated carbocycles. The molecular formula is C11H11F2N2O14P3. The minimum absolute atomic E-state index is 0.259. The maximum absolute atomic E-state index is 15.5. The van der Waals surface area contributed by atoms with E-state index in [0.29, 0.717) is 12.3 Å². The topological polar surface area (TPSA) is 244 Å². The van der Waals surface area contributed by atoms with Crippen LogP contribution in [0.25, 0.3) is 0 Å². The lowest BCUT2D eigenvalue weighted by molar-refractivity contribution is -0.153. The number of aliphatic hydroxyl groups is 1. The van der Waals surface area contributed by atoms with Crippen molar-refractivity contribution < 1.29 is 65.0 Å². The molecule has 1 aliphatic heterocycles. The molecule has 1 aliphatic carbocycles. The quantitative estimate of drug-likeness (QED) is 0.176. The van der Waals surface area contributed by atoms with Gasteiger partial charge >= 0.3 is 29.2 Å². The number of fused-ring (bicyclic) bond motifs is 1. The van der Waals surface area contributed by atoms with Crippen molar-refractivity contribution in [3.63, 3.8) is 0 Å². The Kier molecular flexibility index (Phi) is 5.65. The van der Waals surface area contributed by atoms with E-state index >= 15 is 8.78 Å². The number of ether oxygens (including phenoxy) is 1. The minimum atomic E-state index is -6.02. The zero-order valence-electron chi connectivity index (χ0n) is 14.8. The molecule has 0 bridgehead atoms. The third-order valence-corrected chi connectivity index (χ3v) is 8.10. The van der Waals surface area contributed by atoms with Crippen molar-refractivity contribution in [3.05, 3.63) is 33.1 Å².